The fourth-order valence-electron chi connectivity index (χ4n) is 1.58. The average molecular weight is 312 g/mol. The maximum atomic E-state index is 12.2. The number of sulfonamides is 1. The summed E-state index contributed by atoms with van der Waals surface area (Å²) >= 11 is 0. The van der Waals surface area contributed by atoms with Crippen molar-refractivity contribution < 1.29 is 27.2 Å². The molecular formula is C12H12N2O6S. The number of carbonyl (C=O) groups excluding carboxylic acids is 1. The van der Waals surface area contributed by atoms with E-state index in [4.69, 9.17) is 4.74 Å². The minimum Gasteiger partial charge on any atom is -0.496 e. The number of anilines is 1. The standard InChI is InChI=1S/C12H12N2O6S/c1-18-10-7-8(3-4-9(10)12(15)19-2)21(16,17)14-11-5-6-20-13-11/h3-7H,1-2H3,(H,13,14). The summed E-state index contributed by atoms with van der Waals surface area (Å²) in [6, 6.07) is 5.14. The monoisotopic (exact) mass is 312 g/mol. The number of esters is 1. The Balaban J connectivity index is 2.38. The molecule has 8 nitrogen and oxygen atoms in total. The van der Waals surface area contributed by atoms with Crippen LogP contribution in [0.5, 0.6) is 5.75 Å². The Hall–Kier alpha value is -2.55. The zero-order valence-electron chi connectivity index (χ0n) is 11.2. The number of hydrogen-bond donors (Lipinski definition) is 1. The zero-order chi connectivity index (χ0) is 15.5. The quantitative estimate of drug-likeness (QED) is 0.828. The molecule has 0 atom stereocenters. The van der Waals surface area contributed by atoms with Crippen molar-refractivity contribution in [2.24, 2.45) is 0 Å². The number of nitrogens with zero attached hydrogens (tertiary/aromatic N) is 1. The van der Waals surface area contributed by atoms with E-state index in [1.54, 1.807) is 0 Å². The molecule has 21 heavy (non-hydrogen) atoms. The van der Waals surface area contributed by atoms with Crippen LogP contribution in [0, 0.1) is 0 Å². The van der Waals surface area contributed by atoms with E-state index >= 15 is 0 Å². The Bertz CT molecular complexity index is 739. The summed E-state index contributed by atoms with van der Waals surface area (Å²) in [7, 11) is -1.33. The van der Waals surface area contributed by atoms with Gasteiger partial charge in [0.2, 0.25) is 0 Å². The van der Waals surface area contributed by atoms with E-state index < -0.39 is 16.0 Å². The van der Waals surface area contributed by atoms with Gasteiger partial charge in [-0.1, -0.05) is 5.16 Å². The Kier molecular flexibility index (Phi) is 4.13. The first-order chi connectivity index (χ1) is 9.97. The van der Waals surface area contributed by atoms with Gasteiger partial charge in [0.1, 0.15) is 17.6 Å². The van der Waals surface area contributed by atoms with Gasteiger partial charge in [-0.15, -0.1) is 0 Å². The number of nitrogens with one attached hydrogen (secondary N) is 1. The summed E-state index contributed by atoms with van der Waals surface area (Å²) in [5, 5.41) is 3.46. The van der Waals surface area contributed by atoms with Crippen LogP contribution < -0.4 is 9.46 Å². The highest BCUT2D eigenvalue weighted by Crippen LogP contribution is 2.24. The summed E-state index contributed by atoms with van der Waals surface area (Å²) in [4.78, 5) is 11.4. The van der Waals surface area contributed by atoms with Gasteiger partial charge >= 0.3 is 5.97 Å². The van der Waals surface area contributed by atoms with Crippen molar-refractivity contribution in [1.29, 1.82) is 0 Å². The highest BCUT2D eigenvalue weighted by molar-refractivity contribution is 7.92. The molecule has 9 heteroatoms. The molecule has 0 aliphatic carbocycles. The Morgan fingerprint density at radius 2 is 2.05 bits per heavy atom. The molecule has 0 saturated heterocycles. The molecule has 2 aromatic rings. The van der Waals surface area contributed by atoms with Crippen molar-refractivity contribution >= 4 is 21.8 Å². The van der Waals surface area contributed by atoms with E-state index in [9.17, 15) is 13.2 Å². The van der Waals surface area contributed by atoms with Gasteiger partial charge in [0, 0.05) is 12.1 Å². The fourth-order valence-corrected chi connectivity index (χ4v) is 2.59. The van der Waals surface area contributed by atoms with Crippen LogP contribution in [0.25, 0.3) is 0 Å². The Labute approximate surface area is 120 Å². The molecule has 0 aliphatic rings. The van der Waals surface area contributed by atoms with Gasteiger partial charge in [0.15, 0.2) is 5.82 Å². The lowest BCUT2D eigenvalue weighted by molar-refractivity contribution is 0.0597. The number of rotatable bonds is 5. The molecule has 0 aliphatic heterocycles. The van der Waals surface area contributed by atoms with Crippen molar-refractivity contribution in [3.63, 3.8) is 0 Å². The lowest BCUT2D eigenvalue weighted by Crippen LogP contribution is -2.14. The van der Waals surface area contributed by atoms with E-state index in [-0.39, 0.29) is 22.0 Å². The van der Waals surface area contributed by atoms with E-state index in [1.807, 2.05) is 0 Å². The number of hydrogen-bond acceptors (Lipinski definition) is 7. The summed E-state index contributed by atoms with van der Waals surface area (Å²) in [6.45, 7) is 0. The highest BCUT2D eigenvalue weighted by atomic mass is 32.2. The third kappa shape index (κ3) is 3.14. The van der Waals surface area contributed by atoms with Crippen LogP contribution >= 0.6 is 0 Å². The van der Waals surface area contributed by atoms with Gasteiger partial charge in [-0.3, -0.25) is 4.72 Å². The van der Waals surface area contributed by atoms with E-state index in [1.165, 1.54) is 44.7 Å². The van der Waals surface area contributed by atoms with Crippen LogP contribution in [0.1, 0.15) is 10.4 Å². The minimum absolute atomic E-state index is 0.0472. The predicted molar refractivity (Wildman–Crippen MR) is 71.6 cm³/mol. The first-order valence-electron chi connectivity index (χ1n) is 5.67. The Morgan fingerprint density at radius 1 is 1.29 bits per heavy atom. The summed E-state index contributed by atoms with van der Waals surface area (Å²) in [6.07, 6.45) is 1.23. The molecule has 1 aromatic heterocycles. The van der Waals surface area contributed by atoms with Crippen LogP contribution in [0.2, 0.25) is 0 Å². The molecule has 0 spiro atoms. The van der Waals surface area contributed by atoms with Crippen LogP contribution in [0.4, 0.5) is 5.82 Å². The second-order valence-electron chi connectivity index (χ2n) is 3.84. The molecule has 0 amide bonds. The number of methoxy groups -OCH3 is 2. The molecule has 0 fully saturated rings. The molecule has 1 aromatic carbocycles. The molecule has 0 saturated carbocycles. The second kappa shape index (κ2) is 5.83. The minimum atomic E-state index is -3.87. The van der Waals surface area contributed by atoms with Gasteiger partial charge in [0.05, 0.1) is 19.1 Å². The largest absolute Gasteiger partial charge is 0.496 e. The van der Waals surface area contributed by atoms with Crippen LogP contribution in [-0.4, -0.2) is 33.8 Å². The van der Waals surface area contributed by atoms with Gasteiger partial charge in [-0.2, -0.15) is 0 Å². The first-order valence-corrected chi connectivity index (χ1v) is 7.16. The molecule has 2 rings (SSSR count). The van der Waals surface area contributed by atoms with Crippen molar-refractivity contribution in [2.45, 2.75) is 4.90 Å². The van der Waals surface area contributed by atoms with Gasteiger partial charge in [0.25, 0.3) is 10.0 Å². The highest BCUT2D eigenvalue weighted by Gasteiger charge is 2.20. The molecule has 0 bridgehead atoms. The normalized spacial score (nSPS) is 11.0. The number of benzene rings is 1. The number of ether oxygens (including phenoxy) is 2. The van der Waals surface area contributed by atoms with Crippen molar-refractivity contribution in [2.75, 3.05) is 18.9 Å². The van der Waals surface area contributed by atoms with Crippen molar-refractivity contribution in [3.05, 3.63) is 36.1 Å². The van der Waals surface area contributed by atoms with E-state index in [0.717, 1.165) is 0 Å². The van der Waals surface area contributed by atoms with Crippen molar-refractivity contribution in [1.82, 2.24) is 5.16 Å². The Morgan fingerprint density at radius 3 is 2.62 bits per heavy atom. The fraction of sp³-hybridized carbons (Fsp3) is 0.167. The number of aromatic nitrogens is 1. The number of carbonyl (C=O) groups is 1. The second-order valence-corrected chi connectivity index (χ2v) is 5.53. The van der Waals surface area contributed by atoms with Crippen molar-refractivity contribution in [3.8, 4) is 5.75 Å². The summed E-state index contributed by atoms with van der Waals surface area (Å²) in [5.41, 5.74) is 0.125. The van der Waals surface area contributed by atoms with Crippen LogP contribution in [0.15, 0.2) is 39.9 Å². The zero-order valence-corrected chi connectivity index (χ0v) is 12.0. The van der Waals surface area contributed by atoms with E-state index in [2.05, 4.69) is 19.1 Å². The van der Waals surface area contributed by atoms with Crippen LogP contribution in [-0.2, 0) is 14.8 Å². The lowest BCUT2D eigenvalue weighted by Gasteiger charge is -2.10. The predicted octanol–water partition coefficient (Wildman–Crippen LogP) is 1.27. The molecule has 1 heterocycles. The van der Waals surface area contributed by atoms with Crippen LogP contribution in [0.3, 0.4) is 0 Å². The molecular weight excluding hydrogens is 300 g/mol. The maximum Gasteiger partial charge on any atom is 0.341 e. The molecule has 0 unspecified atom stereocenters. The summed E-state index contributed by atoms with van der Waals surface area (Å²) < 4.78 is 40.7. The molecule has 0 radical (unpaired) electrons. The molecule has 1 N–H and O–H groups in total. The van der Waals surface area contributed by atoms with Gasteiger partial charge in [-0.05, 0) is 12.1 Å². The third-order valence-electron chi connectivity index (χ3n) is 2.57. The third-order valence-corrected chi connectivity index (χ3v) is 3.92. The SMILES string of the molecule is COC(=O)c1ccc(S(=O)(=O)Nc2ccon2)cc1OC. The first kappa shape index (κ1) is 14.9. The van der Waals surface area contributed by atoms with E-state index in [0.29, 0.717) is 0 Å². The lowest BCUT2D eigenvalue weighted by atomic mass is 10.2. The van der Waals surface area contributed by atoms with Gasteiger partial charge < -0.3 is 14.0 Å². The smallest absolute Gasteiger partial charge is 0.341 e. The summed E-state index contributed by atoms with van der Waals surface area (Å²) in [5.74, 6) is -0.490. The topological polar surface area (TPSA) is 108 Å². The average Bonchev–Trinajstić information content (AvgIpc) is 2.97. The molecule has 112 valence electrons. The maximum absolute atomic E-state index is 12.2. The van der Waals surface area contributed by atoms with Gasteiger partial charge in [-0.25, -0.2) is 13.2 Å².